The fourth-order valence-electron chi connectivity index (χ4n) is 2.03. The normalized spacial score (nSPS) is 28.2. The summed E-state index contributed by atoms with van der Waals surface area (Å²) in [5.74, 6) is -1.55. The van der Waals surface area contributed by atoms with Crippen LogP contribution in [0.15, 0.2) is 0 Å². The molecule has 1 rings (SSSR count). The Labute approximate surface area is 84.2 Å². The van der Waals surface area contributed by atoms with E-state index in [1.807, 2.05) is 0 Å². The number of sulfone groups is 1. The highest BCUT2D eigenvalue weighted by atomic mass is 32.2. The average molecular weight is 220 g/mol. The first-order valence-electron chi connectivity index (χ1n) is 4.93. The molecular formula is C9H16O4S. The van der Waals surface area contributed by atoms with Crippen molar-refractivity contribution < 1.29 is 18.3 Å². The van der Waals surface area contributed by atoms with Gasteiger partial charge in [-0.3, -0.25) is 4.79 Å². The van der Waals surface area contributed by atoms with Crippen molar-refractivity contribution in [2.45, 2.75) is 37.9 Å². The summed E-state index contributed by atoms with van der Waals surface area (Å²) >= 11 is 0. The molecule has 5 heteroatoms. The second kappa shape index (κ2) is 4.29. The lowest BCUT2D eigenvalue weighted by Crippen LogP contribution is -2.38. The van der Waals surface area contributed by atoms with Crippen LogP contribution in [-0.2, 0) is 14.6 Å². The van der Waals surface area contributed by atoms with Crippen LogP contribution >= 0.6 is 0 Å². The molecule has 4 nitrogen and oxygen atoms in total. The standard InChI is InChI=1S/C9H16O4S/c1-2-7(9(10)11)8-5-3-4-6-14(8,12)13/h7-8H,2-6H2,1H3,(H,10,11). The third-order valence-electron chi connectivity index (χ3n) is 2.83. The lowest BCUT2D eigenvalue weighted by Gasteiger charge is -2.26. The summed E-state index contributed by atoms with van der Waals surface area (Å²) in [6.07, 6.45) is 2.40. The second-order valence-electron chi connectivity index (χ2n) is 3.75. The van der Waals surface area contributed by atoms with Crippen molar-refractivity contribution >= 4 is 15.8 Å². The fraction of sp³-hybridized carbons (Fsp3) is 0.889. The smallest absolute Gasteiger partial charge is 0.307 e. The largest absolute Gasteiger partial charge is 0.481 e. The highest BCUT2D eigenvalue weighted by Crippen LogP contribution is 2.27. The maximum Gasteiger partial charge on any atom is 0.307 e. The van der Waals surface area contributed by atoms with E-state index in [2.05, 4.69) is 0 Å². The predicted molar refractivity (Wildman–Crippen MR) is 52.8 cm³/mol. The van der Waals surface area contributed by atoms with E-state index in [1.165, 1.54) is 0 Å². The zero-order valence-corrected chi connectivity index (χ0v) is 9.09. The molecule has 1 aliphatic heterocycles. The van der Waals surface area contributed by atoms with E-state index in [4.69, 9.17) is 5.11 Å². The highest BCUT2D eigenvalue weighted by Gasteiger charge is 2.38. The highest BCUT2D eigenvalue weighted by molar-refractivity contribution is 7.92. The van der Waals surface area contributed by atoms with Crippen molar-refractivity contribution in [1.29, 1.82) is 0 Å². The van der Waals surface area contributed by atoms with Gasteiger partial charge in [0.1, 0.15) is 0 Å². The van der Waals surface area contributed by atoms with Crippen LogP contribution in [0.1, 0.15) is 32.6 Å². The van der Waals surface area contributed by atoms with Gasteiger partial charge in [-0.05, 0) is 19.3 Å². The molecule has 0 bridgehead atoms. The van der Waals surface area contributed by atoms with Crippen molar-refractivity contribution in [2.75, 3.05) is 5.75 Å². The number of aliphatic carboxylic acids is 1. The molecule has 2 unspecified atom stereocenters. The van der Waals surface area contributed by atoms with Crippen molar-refractivity contribution in [3.63, 3.8) is 0 Å². The minimum atomic E-state index is -3.16. The topological polar surface area (TPSA) is 71.4 Å². The minimum absolute atomic E-state index is 0.154. The predicted octanol–water partition coefficient (Wildman–Crippen LogP) is 1.06. The van der Waals surface area contributed by atoms with Crippen LogP contribution < -0.4 is 0 Å². The van der Waals surface area contributed by atoms with E-state index in [0.717, 1.165) is 6.42 Å². The monoisotopic (exact) mass is 220 g/mol. The van der Waals surface area contributed by atoms with Crippen molar-refractivity contribution in [3.8, 4) is 0 Å². The van der Waals surface area contributed by atoms with Gasteiger partial charge in [-0.15, -0.1) is 0 Å². The summed E-state index contributed by atoms with van der Waals surface area (Å²) < 4.78 is 23.2. The van der Waals surface area contributed by atoms with Crippen LogP contribution in [-0.4, -0.2) is 30.5 Å². The summed E-state index contributed by atoms with van der Waals surface area (Å²) in [6.45, 7) is 1.73. The summed E-state index contributed by atoms with van der Waals surface area (Å²) in [4.78, 5) is 10.9. The number of carbonyl (C=O) groups is 1. The first-order chi connectivity index (χ1) is 6.49. The van der Waals surface area contributed by atoms with Crippen molar-refractivity contribution in [3.05, 3.63) is 0 Å². The van der Waals surface area contributed by atoms with E-state index in [9.17, 15) is 13.2 Å². The average Bonchev–Trinajstić information content (AvgIpc) is 2.08. The molecule has 0 amide bonds. The molecule has 0 radical (unpaired) electrons. The number of carboxylic acids is 1. The number of carboxylic acid groups (broad SMARTS) is 1. The Morgan fingerprint density at radius 2 is 2.14 bits per heavy atom. The lowest BCUT2D eigenvalue weighted by atomic mass is 9.98. The van der Waals surface area contributed by atoms with Gasteiger partial charge in [0.2, 0.25) is 0 Å². The molecule has 2 atom stereocenters. The third-order valence-corrected chi connectivity index (χ3v) is 5.18. The van der Waals surface area contributed by atoms with Gasteiger partial charge in [-0.1, -0.05) is 13.3 Å². The molecule has 0 saturated carbocycles. The number of hydrogen-bond donors (Lipinski definition) is 1. The van der Waals surface area contributed by atoms with E-state index in [-0.39, 0.29) is 5.75 Å². The molecule has 1 heterocycles. The molecule has 0 aromatic rings. The van der Waals surface area contributed by atoms with Gasteiger partial charge in [-0.25, -0.2) is 8.42 Å². The number of rotatable bonds is 3. The Morgan fingerprint density at radius 1 is 1.50 bits per heavy atom. The molecule has 1 fully saturated rings. The van der Waals surface area contributed by atoms with Crippen LogP contribution in [0.3, 0.4) is 0 Å². The summed E-state index contributed by atoms with van der Waals surface area (Å²) in [5.41, 5.74) is 0. The molecular weight excluding hydrogens is 204 g/mol. The van der Waals surface area contributed by atoms with Gasteiger partial charge in [0.25, 0.3) is 0 Å². The molecule has 14 heavy (non-hydrogen) atoms. The lowest BCUT2D eigenvalue weighted by molar-refractivity contribution is -0.142. The SMILES string of the molecule is CCC(C(=O)O)C1CCCCS1(=O)=O. The molecule has 0 aromatic heterocycles. The van der Waals surface area contributed by atoms with Crippen LogP contribution in [0, 0.1) is 5.92 Å². The maximum absolute atomic E-state index is 11.6. The zero-order chi connectivity index (χ0) is 10.8. The van der Waals surface area contributed by atoms with Gasteiger partial charge >= 0.3 is 5.97 Å². The Kier molecular flexibility index (Phi) is 3.53. The maximum atomic E-state index is 11.6. The first kappa shape index (κ1) is 11.5. The molecule has 1 aliphatic rings. The van der Waals surface area contributed by atoms with Crippen LogP contribution in [0.25, 0.3) is 0 Å². The van der Waals surface area contributed by atoms with Gasteiger partial charge in [0, 0.05) is 0 Å². The number of hydrogen-bond acceptors (Lipinski definition) is 3. The molecule has 0 aromatic carbocycles. The van der Waals surface area contributed by atoms with Crippen molar-refractivity contribution in [2.24, 2.45) is 5.92 Å². The Bertz CT molecular complexity index is 307. The van der Waals surface area contributed by atoms with Gasteiger partial charge in [0.15, 0.2) is 9.84 Å². The Hall–Kier alpha value is -0.580. The van der Waals surface area contributed by atoms with E-state index >= 15 is 0 Å². The van der Waals surface area contributed by atoms with Crippen LogP contribution in [0.5, 0.6) is 0 Å². The van der Waals surface area contributed by atoms with Gasteiger partial charge in [0.05, 0.1) is 16.9 Å². The summed E-state index contributed by atoms with van der Waals surface area (Å²) in [7, 11) is -3.16. The second-order valence-corrected chi connectivity index (χ2v) is 6.09. The molecule has 1 N–H and O–H groups in total. The molecule has 0 spiro atoms. The zero-order valence-electron chi connectivity index (χ0n) is 8.27. The first-order valence-corrected chi connectivity index (χ1v) is 6.65. The Balaban J connectivity index is 2.88. The Morgan fingerprint density at radius 3 is 2.57 bits per heavy atom. The summed E-state index contributed by atoms with van der Waals surface area (Å²) in [6, 6.07) is 0. The van der Waals surface area contributed by atoms with Crippen LogP contribution in [0.2, 0.25) is 0 Å². The molecule has 1 saturated heterocycles. The van der Waals surface area contributed by atoms with E-state index in [1.54, 1.807) is 6.92 Å². The van der Waals surface area contributed by atoms with Gasteiger partial charge in [-0.2, -0.15) is 0 Å². The van der Waals surface area contributed by atoms with Gasteiger partial charge < -0.3 is 5.11 Å². The minimum Gasteiger partial charge on any atom is -0.481 e. The molecule has 0 aliphatic carbocycles. The van der Waals surface area contributed by atoms with E-state index in [0.29, 0.717) is 19.3 Å². The fourth-order valence-corrected chi connectivity index (χ4v) is 4.27. The molecule has 82 valence electrons. The van der Waals surface area contributed by atoms with Crippen molar-refractivity contribution in [1.82, 2.24) is 0 Å². The third kappa shape index (κ3) is 2.26. The summed E-state index contributed by atoms with van der Waals surface area (Å²) in [5, 5.41) is 8.24. The van der Waals surface area contributed by atoms with Crippen LogP contribution in [0.4, 0.5) is 0 Å². The van der Waals surface area contributed by atoms with E-state index < -0.39 is 27.0 Å². The quantitative estimate of drug-likeness (QED) is 0.772.